The molecule has 1 saturated heterocycles. The number of halogens is 4. The number of hydrogen-bond acceptors (Lipinski definition) is 4. The van der Waals surface area contributed by atoms with Gasteiger partial charge >= 0.3 is 0 Å². The standard InChI is InChI=1S/C21H26Cl2F2N2O3/c1-10-12-4-3-5-14(20(30)21(24)25)13(12)6-7-27(10)17(29)8-15-16(22)9-26-19(11(2)28)18(15)23/h9-10,12-14,20-21,30H,3-8H2,1-2H3/t10-,12+,13+,14+,20?/m0/s1. The topological polar surface area (TPSA) is 70.5 Å². The maximum absolute atomic E-state index is 13.1. The number of ketones is 1. The summed E-state index contributed by atoms with van der Waals surface area (Å²) in [5.74, 6) is -0.900. The largest absolute Gasteiger partial charge is 0.387 e. The average Bonchev–Trinajstić information content (AvgIpc) is 2.70. The maximum atomic E-state index is 13.1. The Balaban J connectivity index is 1.77. The highest BCUT2D eigenvalue weighted by Gasteiger charge is 2.46. The molecule has 30 heavy (non-hydrogen) atoms. The van der Waals surface area contributed by atoms with E-state index in [4.69, 9.17) is 23.2 Å². The Morgan fingerprint density at radius 2 is 1.97 bits per heavy atom. The fourth-order valence-electron chi connectivity index (χ4n) is 5.21. The number of fused-ring (bicyclic) bond motifs is 1. The van der Waals surface area contributed by atoms with Gasteiger partial charge in [-0.05, 0) is 43.9 Å². The quantitative estimate of drug-likeness (QED) is 0.657. The number of alkyl halides is 2. The molecule has 1 unspecified atom stereocenters. The molecule has 2 fully saturated rings. The number of likely N-dealkylation sites (tertiary alicyclic amines) is 1. The van der Waals surface area contributed by atoms with Gasteiger partial charge in [0.1, 0.15) is 11.8 Å². The first-order valence-corrected chi connectivity index (χ1v) is 11.0. The summed E-state index contributed by atoms with van der Waals surface area (Å²) in [6.45, 7) is 3.70. The molecule has 2 heterocycles. The van der Waals surface area contributed by atoms with Crippen LogP contribution in [0.4, 0.5) is 8.78 Å². The Labute approximate surface area is 184 Å². The number of nitrogens with zero attached hydrogens (tertiary/aromatic N) is 2. The van der Waals surface area contributed by atoms with Crippen LogP contribution in [0.2, 0.25) is 10.0 Å². The molecule has 1 amide bonds. The van der Waals surface area contributed by atoms with Crippen molar-refractivity contribution in [1.82, 2.24) is 9.88 Å². The molecule has 5 atom stereocenters. The summed E-state index contributed by atoms with van der Waals surface area (Å²) >= 11 is 12.5. The molecule has 0 radical (unpaired) electrons. The van der Waals surface area contributed by atoms with Crippen LogP contribution in [0.25, 0.3) is 0 Å². The second-order valence-corrected chi connectivity index (χ2v) is 9.13. The minimum Gasteiger partial charge on any atom is -0.387 e. The maximum Gasteiger partial charge on any atom is 0.264 e. The van der Waals surface area contributed by atoms with Crippen LogP contribution >= 0.6 is 23.2 Å². The Morgan fingerprint density at radius 1 is 1.27 bits per heavy atom. The lowest BCUT2D eigenvalue weighted by molar-refractivity contribution is -0.141. The van der Waals surface area contributed by atoms with E-state index in [0.717, 1.165) is 12.8 Å². The predicted octanol–water partition coefficient (Wildman–Crippen LogP) is 4.41. The molecule has 2 aliphatic rings. The number of rotatable bonds is 5. The fourth-order valence-corrected chi connectivity index (χ4v) is 5.82. The summed E-state index contributed by atoms with van der Waals surface area (Å²) in [5, 5.41) is 10.3. The summed E-state index contributed by atoms with van der Waals surface area (Å²) < 4.78 is 26.2. The first-order chi connectivity index (χ1) is 14.1. The second kappa shape index (κ2) is 9.45. The number of piperidine rings is 1. The first kappa shape index (κ1) is 23.4. The van der Waals surface area contributed by atoms with Crippen LogP contribution in [0.15, 0.2) is 6.20 Å². The normalized spacial score (nSPS) is 27.7. The summed E-state index contributed by atoms with van der Waals surface area (Å²) in [5.41, 5.74) is 0.444. The summed E-state index contributed by atoms with van der Waals surface area (Å²) in [6.07, 6.45) is -0.360. The highest BCUT2D eigenvalue weighted by Crippen LogP contribution is 2.45. The lowest BCUT2D eigenvalue weighted by Gasteiger charge is -2.50. The van der Waals surface area contributed by atoms with Crippen molar-refractivity contribution in [2.45, 2.75) is 64.5 Å². The van der Waals surface area contributed by atoms with E-state index in [1.54, 1.807) is 4.90 Å². The number of pyridine rings is 1. The first-order valence-electron chi connectivity index (χ1n) is 10.2. The van der Waals surface area contributed by atoms with Gasteiger partial charge in [0.25, 0.3) is 6.43 Å². The number of aliphatic hydroxyl groups is 1. The van der Waals surface area contributed by atoms with Crippen molar-refractivity contribution in [1.29, 1.82) is 0 Å². The van der Waals surface area contributed by atoms with Gasteiger partial charge in [0.2, 0.25) is 5.91 Å². The van der Waals surface area contributed by atoms with Gasteiger partial charge < -0.3 is 10.0 Å². The molecular weight excluding hydrogens is 437 g/mol. The van der Waals surface area contributed by atoms with Crippen molar-refractivity contribution >= 4 is 34.9 Å². The molecule has 166 valence electrons. The van der Waals surface area contributed by atoms with Crippen LogP contribution < -0.4 is 0 Å². The Kier molecular flexibility index (Phi) is 7.36. The molecule has 5 nitrogen and oxygen atoms in total. The fraction of sp³-hybridized carbons (Fsp3) is 0.667. The van der Waals surface area contributed by atoms with Gasteiger partial charge in [-0.1, -0.05) is 29.6 Å². The minimum absolute atomic E-state index is 0.0285. The number of carbonyl (C=O) groups is 2. The molecule has 1 aliphatic heterocycles. The van der Waals surface area contributed by atoms with Crippen LogP contribution in [0, 0.1) is 17.8 Å². The Hall–Kier alpha value is -1.31. The number of carbonyl (C=O) groups excluding carboxylic acids is 2. The number of Topliss-reactive ketones (excluding diaryl/α,β-unsaturated/α-hetero) is 1. The molecule has 0 aromatic carbocycles. The average molecular weight is 463 g/mol. The van der Waals surface area contributed by atoms with Gasteiger partial charge in [0.05, 0.1) is 16.5 Å². The van der Waals surface area contributed by atoms with E-state index in [0.29, 0.717) is 24.9 Å². The van der Waals surface area contributed by atoms with Gasteiger partial charge in [0.15, 0.2) is 5.78 Å². The number of amides is 1. The lowest BCUT2D eigenvalue weighted by atomic mass is 9.64. The van der Waals surface area contributed by atoms with Gasteiger partial charge in [-0.15, -0.1) is 0 Å². The minimum atomic E-state index is -2.75. The van der Waals surface area contributed by atoms with Crippen molar-refractivity contribution in [2.24, 2.45) is 17.8 Å². The molecular formula is C21H26Cl2F2N2O3. The molecule has 9 heteroatoms. The number of aliphatic hydroxyl groups excluding tert-OH is 1. The Bertz CT molecular complexity index is 824. The van der Waals surface area contributed by atoms with Crippen LogP contribution in [-0.4, -0.2) is 51.8 Å². The number of aromatic nitrogens is 1. The van der Waals surface area contributed by atoms with Crippen molar-refractivity contribution in [3.8, 4) is 0 Å². The van der Waals surface area contributed by atoms with Crippen LogP contribution in [0.5, 0.6) is 0 Å². The third-order valence-electron chi connectivity index (χ3n) is 6.74. The predicted molar refractivity (Wildman–Crippen MR) is 110 cm³/mol. The van der Waals surface area contributed by atoms with E-state index >= 15 is 0 Å². The number of hydrogen-bond donors (Lipinski definition) is 1. The van der Waals surface area contributed by atoms with Gasteiger partial charge in [-0.3, -0.25) is 9.59 Å². The molecule has 1 aromatic heterocycles. The van der Waals surface area contributed by atoms with Crippen molar-refractivity contribution in [3.05, 3.63) is 27.5 Å². The van der Waals surface area contributed by atoms with E-state index < -0.39 is 18.4 Å². The molecule has 1 aromatic rings. The van der Waals surface area contributed by atoms with Crippen molar-refractivity contribution in [2.75, 3.05) is 6.54 Å². The van der Waals surface area contributed by atoms with Crippen molar-refractivity contribution < 1.29 is 23.5 Å². The molecule has 0 bridgehead atoms. The third kappa shape index (κ3) is 4.48. The zero-order valence-electron chi connectivity index (χ0n) is 17.0. The zero-order chi connectivity index (χ0) is 22.2. The van der Waals surface area contributed by atoms with Crippen LogP contribution in [0.1, 0.15) is 55.6 Å². The summed E-state index contributed by atoms with van der Waals surface area (Å²) in [4.78, 5) is 30.5. The highest BCUT2D eigenvalue weighted by atomic mass is 35.5. The molecule has 3 rings (SSSR count). The zero-order valence-corrected chi connectivity index (χ0v) is 18.5. The lowest BCUT2D eigenvalue weighted by Crippen LogP contribution is -2.55. The van der Waals surface area contributed by atoms with E-state index in [9.17, 15) is 23.5 Å². The monoisotopic (exact) mass is 462 g/mol. The Morgan fingerprint density at radius 3 is 2.60 bits per heavy atom. The van der Waals surface area contributed by atoms with E-state index in [1.165, 1.54) is 13.1 Å². The third-order valence-corrected chi connectivity index (χ3v) is 7.47. The summed E-state index contributed by atoms with van der Waals surface area (Å²) in [7, 11) is 0. The van der Waals surface area contributed by atoms with Gasteiger partial charge in [-0.25, -0.2) is 13.8 Å². The van der Waals surface area contributed by atoms with Gasteiger partial charge in [-0.2, -0.15) is 0 Å². The smallest absolute Gasteiger partial charge is 0.264 e. The molecule has 1 saturated carbocycles. The van der Waals surface area contributed by atoms with E-state index in [1.807, 2.05) is 6.92 Å². The molecule has 1 aliphatic carbocycles. The van der Waals surface area contributed by atoms with Gasteiger partial charge in [0, 0.05) is 31.3 Å². The SMILES string of the molecule is CC(=O)c1ncc(Cl)c(CC(=O)N2CC[C@@H]3[C@H](CCC[C@H]3C(O)C(F)F)[C@@H]2C)c1Cl. The molecule has 1 N–H and O–H groups in total. The van der Waals surface area contributed by atoms with Crippen LogP contribution in [-0.2, 0) is 11.2 Å². The highest BCUT2D eigenvalue weighted by molar-refractivity contribution is 6.38. The van der Waals surface area contributed by atoms with Crippen LogP contribution in [0.3, 0.4) is 0 Å². The van der Waals surface area contributed by atoms with E-state index in [-0.39, 0.29) is 51.7 Å². The van der Waals surface area contributed by atoms with Crippen molar-refractivity contribution in [3.63, 3.8) is 0 Å². The summed E-state index contributed by atoms with van der Waals surface area (Å²) in [6, 6.07) is -0.143. The molecule has 0 spiro atoms. The van der Waals surface area contributed by atoms with E-state index in [2.05, 4.69) is 4.98 Å². The second-order valence-electron chi connectivity index (χ2n) is 8.34.